The SMILES string of the molecule is N#Cc1c(N)nc(N)nc1NC(c1nc2c(F)ccc(C#N)c2c(=O)n1-c1ccccc1)C1CC1. The first-order valence-corrected chi connectivity index (χ1v) is 10.7. The van der Waals surface area contributed by atoms with Crippen LogP contribution in [0.4, 0.5) is 22.0 Å². The van der Waals surface area contributed by atoms with E-state index in [1.807, 2.05) is 12.1 Å². The molecule has 1 unspecified atom stereocenters. The maximum atomic E-state index is 14.9. The average molecular weight is 467 g/mol. The molecule has 0 bridgehead atoms. The molecule has 172 valence electrons. The van der Waals surface area contributed by atoms with Crippen LogP contribution < -0.4 is 22.3 Å². The zero-order chi connectivity index (χ0) is 24.7. The summed E-state index contributed by atoms with van der Waals surface area (Å²) in [5, 5.41) is 22.2. The van der Waals surface area contributed by atoms with Gasteiger partial charge in [-0.05, 0) is 43.0 Å². The van der Waals surface area contributed by atoms with Gasteiger partial charge in [0.25, 0.3) is 5.56 Å². The number of aromatic nitrogens is 4. The number of halogens is 1. The second kappa shape index (κ2) is 8.39. The highest BCUT2D eigenvalue weighted by Gasteiger charge is 2.37. The van der Waals surface area contributed by atoms with Crippen LogP contribution in [0.5, 0.6) is 0 Å². The Morgan fingerprint density at radius 2 is 1.80 bits per heavy atom. The van der Waals surface area contributed by atoms with Crippen LogP contribution in [0.25, 0.3) is 16.6 Å². The summed E-state index contributed by atoms with van der Waals surface area (Å²) in [4.78, 5) is 26.3. The lowest BCUT2D eigenvalue weighted by Crippen LogP contribution is -2.30. The highest BCUT2D eigenvalue weighted by molar-refractivity contribution is 5.85. The van der Waals surface area contributed by atoms with Gasteiger partial charge in [-0.25, -0.2) is 9.37 Å². The topological polar surface area (TPSA) is 172 Å². The van der Waals surface area contributed by atoms with E-state index in [1.165, 1.54) is 10.6 Å². The number of fused-ring (bicyclic) bond motifs is 1. The number of nitrogens with one attached hydrogen (secondary N) is 1. The van der Waals surface area contributed by atoms with Gasteiger partial charge in [0.05, 0.1) is 22.7 Å². The lowest BCUT2D eigenvalue weighted by Gasteiger charge is -2.24. The Hall–Kier alpha value is -5.03. The van der Waals surface area contributed by atoms with Crippen LogP contribution in [0.3, 0.4) is 0 Å². The van der Waals surface area contributed by atoms with Crippen molar-refractivity contribution in [2.45, 2.75) is 18.9 Å². The van der Waals surface area contributed by atoms with Gasteiger partial charge in [0, 0.05) is 0 Å². The molecule has 10 nitrogen and oxygen atoms in total. The van der Waals surface area contributed by atoms with Gasteiger partial charge >= 0.3 is 0 Å². The molecule has 1 saturated carbocycles. The van der Waals surface area contributed by atoms with Gasteiger partial charge < -0.3 is 16.8 Å². The normalized spacial score (nSPS) is 13.7. The molecule has 2 heterocycles. The first kappa shape index (κ1) is 21.8. The lowest BCUT2D eigenvalue weighted by atomic mass is 10.1. The number of nitrogen functional groups attached to an aromatic ring is 2. The number of benzene rings is 2. The first-order chi connectivity index (χ1) is 16.9. The van der Waals surface area contributed by atoms with E-state index < -0.39 is 17.4 Å². The smallest absolute Gasteiger partial charge is 0.267 e. The molecule has 35 heavy (non-hydrogen) atoms. The summed E-state index contributed by atoms with van der Waals surface area (Å²) >= 11 is 0. The maximum Gasteiger partial charge on any atom is 0.267 e. The summed E-state index contributed by atoms with van der Waals surface area (Å²) in [6.07, 6.45) is 1.61. The Balaban J connectivity index is 1.81. The fourth-order valence-electron chi connectivity index (χ4n) is 4.08. The van der Waals surface area contributed by atoms with Gasteiger partial charge in [0.1, 0.15) is 40.7 Å². The first-order valence-electron chi connectivity index (χ1n) is 10.7. The minimum atomic E-state index is -0.722. The number of anilines is 3. The summed E-state index contributed by atoms with van der Waals surface area (Å²) in [6, 6.07) is 14.4. The molecule has 0 amide bonds. The predicted octanol–water partition coefficient (Wildman–Crippen LogP) is 2.79. The molecule has 0 aliphatic heterocycles. The van der Waals surface area contributed by atoms with E-state index in [2.05, 4.69) is 20.3 Å². The van der Waals surface area contributed by atoms with E-state index in [9.17, 15) is 19.7 Å². The highest BCUT2D eigenvalue weighted by atomic mass is 19.1. The molecule has 1 aliphatic carbocycles. The molecule has 5 N–H and O–H groups in total. The van der Waals surface area contributed by atoms with E-state index >= 15 is 0 Å². The van der Waals surface area contributed by atoms with Crippen LogP contribution in [-0.2, 0) is 0 Å². The molecule has 2 aromatic heterocycles. The van der Waals surface area contributed by atoms with Crippen LogP contribution in [0, 0.1) is 34.4 Å². The van der Waals surface area contributed by atoms with Gasteiger partial charge in [0.15, 0.2) is 5.82 Å². The van der Waals surface area contributed by atoms with E-state index in [4.69, 9.17) is 11.5 Å². The lowest BCUT2D eigenvalue weighted by molar-refractivity contribution is 0.600. The third-order valence-electron chi connectivity index (χ3n) is 5.87. The van der Waals surface area contributed by atoms with Gasteiger partial charge in [0.2, 0.25) is 5.95 Å². The molecule has 0 radical (unpaired) electrons. The van der Waals surface area contributed by atoms with Gasteiger partial charge in [-0.1, -0.05) is 18.2 Å². The fraction of sp³-hybridized carbons (Fsp3) is 0.167. The number of hydrogen-bond donors (Lipinski definition) is 3. The summed E-state index contributed by atoms with van der Waals surface area (Å²) in [6.45, 7) is 0. The molecule has 5 rings (SSSR count). The summed E-state index contributed by atoms with van der Waals surface area (Å²) in [5.74, 6) is -0.621. The number of nitrogens with two attached hydrogens (primary N) is 2. The predicted molar refractivity (Wildman–Crippen MR) is 127 cm³/mol. The number of nitrogens with zero attached hydrogens (tertiary/aromatic N) is 6. The Bertz CT molecular complexity index is 1620. The second-order valence-electron chi connectivity index (χ2n) is 8.14. The number of nitriles is 2. The third kappa shape index (κ3) is 3.75. The molecule has 0 spiro atoms. The van der Waals surface area contributed by atoms with Crippen LogP contribution in [0.2, 0.25) is 0 Å². The Morgan fingerprint density at radius 1 is 1.06 bits per heavy atom. The van der Waals surface area contributed by atoms with E-state index in [-0.39, 0.29) is 51.4 Å². The van der Waals surface area contributed by atoms with Crippen LogP contribution in [0.15, 0.2) is 47.3 Å². The Morgan fingerprint density at radius 3 is 2.46 bits per heavy atom. The monoisotopic (exact) mass is 467 g/mol. The van der Waals surface area contributed by atoms with Crippen molar-refractivity contribution in [2.75, 3.05) is 16.8 Å². The Labute approximate surface area is 198 Å². The van der Waals surface area contributed by atoms with E-state index in [1.54, 1.807) is 30.3 Å². The van der Waals surface area contributed by atoms with Crippen molar-refractivity contribution in [3.63, 3.8) is 0 Å². The molecule has 1 atom stereocenters. The fourth-order valence-corrected chi connectivity index (χ4v) is 4.08. The summed E-state index contributed by atoms with van der Waals surface area (Å²) in [7, 11) is 0. The minimum absolute atomic E-state index is 0.00260. The van der Waals surface area contributed by atoms with Crippen molar-refractivity contribution in [3.8, 4) is 17.8 Å². The molecular formula is C24H18FN9O. The molecule has 2 aromatic carbocycles. The van der Waals surface area contributed by atoms with Crippen LogP contribution in [0.1, 0.15) is 35.8 Å². The largest absolute Gasteiger partial charge is 0.382 e. The van der Waals surface area contributed by atoms with Crippen LogP contribution in [-0.4, -0.2) is 19.5 Å². The van der Waals surface area contributed by atoms with Crippen LogP contribution >= 0.6 is 0 Å². The van der Waals surface area contributed by atoms with Gasteiger partial charge in [-0.2, -0.15) is 20.5 Å². The standard InChI is InChI=1S/C24H18FN9O/c25-16-9-8-13(10-26)17-19(16)31-22(34(23(17)35)14-4-2-1-3-5-14)18(12-6-7-12)30-21-15(11-27)20(28)32-24(29)33-21/h1-5,8-9,12,18H,6-7H2,(H5,28,29,30,32,33). The average Bonchev–Trinajstić information content (AvgIpc) is 3.68. The molecule has 4 aromatic rings. The van der Waals surface area contributed by atoms with Crippen molar-refractivity contribution in [1.29, 1.82) is 10.5 Å². The van der Waals surface area contributed by atoms with Crippen molar-refractivity contribution in [1.82, 2.24) is 19.5 Å². The molecule has 1 aliphatic rings. The van der Waals surface area contributed by atoms with Crippen molar-refractivity contribution >= 4 is 28.5 Å². The number of hydrogen-bond acceptors (Lipinski definition) is 9. The molecular weight excluding hydrogens is 449 g/mol. The molecule has 0 saturated heterocycles. The van der Waals surface area contributed by atoms with Crippen molar-refractivity contribution in [3.05, 3.63) is 75.6 Å². The third-order valence-corrected chi connectivity index (χ3v) is 5.87. The molecule has 11 heteroatoms. The Kier molecular flexibility index (Phi) is 5.23. The minimum Gasteiger partial charge on any atom is -0.382 e. The highest BCUT2D eigenvalue weighted by Crippen LogP contribution is 2.43. The summed E-state index contributed by atoms with van der Waals surface area (Å²) in [5.41, 5.74) is 11.3. The maximum absolute atomic E-state index is 14.9. The number of para-hydroxylation sites is 1. The second-order valence-corrected chi connectivity index (χ2v) is 8.14. The van der Waals surface area contributed by atoms with Crippen molar-refractivity contribution < 1.29 is 4.39 Å². The zero-order valence-electron chi connectivity index (χ0n) is 18.2. The molecule has 1 fully saturated rings. The summed E-state index contributed by atoms with van der Waals surface area (Å²) < 4.78 is 16.3. The quantitative estimate of drug-likeness (QED) is 0.399. The van der Waals surface area contributed by atoms with Gasteiger partial charge in [-0.15, -0.1) is 0 Å². The zero-order valence-corrected chi connectivity index (χ0v) is 18.2. The van der Waals surface area contributed by atoms with Gasteiger partial charge in [-0.3, -0.25) is 9.36 Å². The van der Waals surface area contributed by atoms with Crippen molar-refractivity contribution in [2.24, 2.45) is 5.92 Å². The van der Waals surface area contributed by atoms with E-state index in [0.717, 1.165) is 18.9 Å². The van der Waals surface area contributed by atoms with E-state index in [0.29, 0.717) is 5.69 Å². The number of rotatable bonds is 5.